The zero-order chi connectivity index (χ0) is 20.4. The van der Waals surface area contributed by atoms with Crippen molar-refractivity contribution in [3.05, 3.63) is 45.1 Å². The first-order chi connectivity index (χ1) is 14.1. The molecule has 0 unspecified atom stereocenters. The average molecular weight is 430 g/mol. The second kappa shape index (κ2) is 8.59. The first-order valence-electron chi connectivity index (χ1n) is 9.73. The third kappa shape index (κ3) is 3.91. The van der Waals surface area contributed by atoms with Gasteiger partial charge in [-0.25, -0.2) is 4.98 Å². The number of carbonyl (C=O) groups excluding carboxylic acids is 1. The molecule has 0 aliphatic heterocycles. The van der Waals surface area contributed by atoms with Crippen molar-refractivity contribution in [1.82, 2.24) is 9.55 Å². The third-order valence-electron chi connectivity index (χ3n) is 5.07. The Morgan fingerprint density at radius 1 is 1.31 bits per heavy atom. The molecule has 1 aliphatic rings. The first-order valence-corrected chi connectivity index (χ1v) is 11.5. The SMILES string of the molecule is CCn1c(SCC(=O)Nc2ccccc2OC)nc2sc3c(c2c1=O)CCCC3. The quantitative estimate of drug-likeness (QED) is 0.472. The minimum Gasteiger partial charge on any atom is -0.495 e. The number of ether oxygens (including phenoxy) is 1. The van der Waals surface area contributed by atoms with E-state index in [2.05, 4.69) is 5.32 Å². The van der Waals surface area contributed by atoms with E-state index < -0.39 is 0 Å². The summed E-state index contributed by atoms with van der Waals surface area (Å²) in [5.41, 5.74) is 1.84. The highest BCUT2D eigenvalue weighted by Gasteiger charge is 2.22. The molecular weight excluding hydrogens is 406 g/mol. The lowest BCUT2D eigenvalue weighted by Crippen LogP contribution is -2.24. The Hall–Kier alpha value is -2.32. The fraction of sp³-hybridized carbons (Fsp3) is 0.381. The van der Waals surface area contributed by atoms with Crippen LogP contribution in [0.2, 0.25) is 0 Å². The van der Waals surface area contributed by atoms with Gasteiger partial charge in [-0.2, -0.15) is 0 Å². The van der Waals surface area contributed by atoms with Gasteiger partial charge in [0.2, 0.25) is 5.91 Å². The van der Waals surface area contributed by atoms with Crippen LogP contribution >= 0.6 is 23.1 Å². The molecule has 3 aromatic rings. The van der Waals surface area contributed by atoms with Gasteiger partial charge in [0.1, 0.15) is 10.6 Å². The van der Waals surface area contributed by atoms with E-state index in [1.54, 1.807) is 35.1 Å². The smallest absolute Gasteiger partial charge is 0.263 e. The van der Waals surface area contributed by atoms with E-state index in [9.17, 15) is 9.59 Å². The number of fused-ring (bicyclic) bond motifs is 3. The Bertz CT molecular complexity index is 1120. The minimum absolute atomic E-state index is 0.0181. The molecule has 8 heteroatoms. The molecule has 1 aromatic carbocycles. The molecule has 0 spiro atoms. The summed E-state index contributed by atoms with van der Waals surface area (Å²) in [5, 5.41) is 4.25. The van der Waals surface area contributed by atoms with E-state index in [-0.39, 0.29) is 17.2 Å². The molecule has 1 aliphatic carbocycles. The summed E-state index contributed by atoms with van der Waals surface area (Å²) in [5.74, 6) is 0.614. The van der Waals surface area contributed by atoms with Gasteiger partial charge >= 0.3 is 0 Å². The number of aryl methyl sites for hydroxylation is 2. The number of hydrogen-bond donors (Lipinski definition) is 1. The topological polar surface area (TPSA) is 73.2 Å². The van der Waals surface area contributed by atoms with Crippen LogP contribution in [0, 0.1) is 0 Å². The maximum Gasteiger partial charge on any atom is 0.263 e. The number of thioether (sulfide) groups is 1. The van der Waals surface area contributed by atoms with Gasteiger partial charge in [0.25, 0.3) is 5.56 Å². The second-order valence-corrected chi connectivity index (χ2v) is 8.90. The molecule has 152 valence electrons. The van der Waals surface area contributed by atoms with Crippen molar-refractivity contribution in [1.29, 1.82) is 0 Å². The van der Waals surface area contributed by atoms with E-state index in [1.165, 1.54) is 28.6 Å². The molecule has 0 saturated heterocycles. The summed E-state index contributed by atoms with van der Waals surface area (Å²) in [4.78, 5) is 32.5. The Kier molecular flexibility index (Phi) is 5.91. The Morgan fingerprint density at radius 3 is 2.90 bits per heavy atom. The lowest BCUT2D eigenvalue weighted by Gasteiger charge is -2.12. The number of anilines is 1. The predicted octanol–water partition coefficient (Wildman–Crippen LogP) is 4.10. The number of nitrogens with one attached hydrogen (secondary N) is 1. The van der Waals surface area contributed by atoms with Gasteiger partial charge in [-0.3, -0.25) is 14.2 Å². The van der Waals surface area contributed by atoms with Crippen LogP contribution in [-0.2, 0) is 24.2 Å². The number of hydrogen-bond acceptors (Lipinski definition) is 6. The number of para-hydroxylation sites is 2. The summed E-state index contributed by atoms with van der Waals surface area (Å²) in [6, 6.07) is 7.28. The highest BCUT2D eigenvalue weighted by Crippen LogP contribution is 2.34. The van der Waals surface area contributed by atoms with Gasteiger partial charge in [-0.1, -0.05) is 23.9 Å². The second-order valence-electron chi connectivity index (χ2n) is 6.87. The van der Waals surface area contributed by atoms with Crippen molar-refractivity contribution in [2.24, 2.45) is 0 Å². The molecule has 6 nitrogen and oxygen atoms in total. The Labute approximate surface area is 177 Å². The molecule has 4 rings (SSSR count). The number of nitrogens with zero attached hydrogens (tertiary/aromatic N) is 2. The fourth-order valence-electron chi connectivity index (χ4n) is 3.67. The van der Waals surface area contributed by atoms with Crippen LogP contribution in [-0.4, -0.2) is 28.3 Å². The molecule has 29 heavy (non-hydrogen) atoms. The summed E-state index contributed by atoms with van der Waals surface area (Å²) in [7, 11) is 1.57. The van der Waals surface area contributed by atoms with Crippen LogP contribution in [0.25, 0.3) is 10.2 Å². The van der Waals surface area contributed by atoms with Crippen molar-refractivity contribution in [2.75, 3.05) is 18.2 Å². The highest BCUT2D eigenvalue weighted by molar-refractivity contribution is 7.99. The van der Waals surface area contributed by atoms with E-state index >= 15 is 0 Å². The Balaban J connectivity index is 1.57. The van der Waals surface area contributed by atoms with Crippen LogP contribution in [0.4, 0.5) is 5.69 Å². The summed E-state index contributed by atoms with van der Waals surface area (Å²) >= 11 is 2.93. The number of thiophene rings is 1. The minimum atomic E-state index is -0.165. The van der Waals surface area contributed by atoms with Crippen molar-refractivity contribution in [3.8, 4) is 5.75 Å². The van der Waals surface area contributed by atoms with Gasteiger partial charge in [0.05, 0.1) is 23.9 Å². The van der Waals surface area contributed by atoms with Crippen molar-refractivity contribution in [3.63, 3.8) is 0 Å². The van der Waals surface area contributed by atoms with Crippen molar-refractivity contribution >= 4 is 44.9 Å². The van der Waals surface area contributed by atoms with Crippen LogP contribution in [0.5, 0.6) is 5.75 Å². The van der Waals surface area contributed by atoms with Crippen LogP contribution in [0.15, 0.2) is 34.2 Å². The monoisotopic (exact) mass is 429 g/mol. The summed E-state index contributed by atoms with van der Waals surface area (Å²) in [6.45, 7) is 2.47. The van der Waals surface area contributed by atoms with Crippen LogP contribution in [0.3, 0.4) is 0 Å². The molecule has 1 N–H and O–H groups in total. The molecule has 0 bridgehead atoms. The zero-order valence-corrected chi connectivity index (χ0v) is 18.1. The first kappa shape index (κ1) is 20.0. The summed E-state index contributed by atoms with van der Waals surface area (Å²) < 4.78 is 6.96. The number of methoxy groups -OCH3 is 1. The van der Waals surface area contributed by atoms with Crippen molar-refractivity contribution in [2.45, 2.75) is 44.3 Å². The molecule has 2 aromatic heterocycles. The third-order valence-corrected chi connectivity index (χ3v) is 7.23. The number of carbonyl (C=O) groups is 1. The molecular formula is C21H23N3O3S2. The zero-order valence-electron chi connectivity index (χ0n) is 16.5. The van der Waals surface area contributed by atoms with E-state index in [4.69, 9.17) is 9.72 Å². The maximum absolute atomic E-state index is 13.1. The number of amides is 1. The highest BCUT2D eigenvalue weighted by atomic mass is 32.2. The van der Waals surface area contributed by atoms with Gasteiger partial charge in [-0.05, 0) is 50.3 Å². The van der Waals surface area contributed by atoms with E-state index in [1.807, 2.05) is 19.1 Å². The summed E-state index contributed by atoms with van der Waals surface area (Å²) in [6.07, 6.45) is 4.30. The molecule has 1 amide bonds. The maximum atomic E-state index is 13.1. The van der Waals surface area contributed by atoms with Gasteiger partial charge in [-0.15, -0.1) is 11.3 Å². The number of aromatic nitrogens is 2. The average Bonchev–Trinajstić information content (AvgIpc) is 3.11. The molecule has 0 radical (unpaired) electrons. The van der Waals surface area contributed by atoms with E-state index in [0.717, 1.165) is 29.5 Å². The number of rotatable bonds is 6. The van der Waals surface area contributed by atoms with Gasteiger partial charge in [0.15, 0.2) is 5.16 Å². The molecule has 0 atom stereocenters. The molecule has 2 heterocycles. The predicted molar refractivity (Wildman–Crippen MR) is 119 cm³/mol. The normalized spacial score (nSPS) is 13.3. The van der Waals surface area contributed by atoms with Gasteiger partial charge in [0, 0.05) is 11.4 Å². The van der Waals surface area contributed by atoms with Crippen LogP contribution < -0.4 is 15.6 Å². The molecule has 0 fully saturated rings. The molecule has 0 saturated carbocycles. The largest absolute Gasteiger partial charge is 0.495 e. The standard InChI is InChI=1S/C21H23N3O3S2/c1-3-24-20(26)18-13-8-4-7-11-16(13)29-19(18)23-21(24)28-12-17(25)22-14-9-5-6-10-15(14)27-2/h5-6,9-10H,3-4,7-8,11-12H2,1-2H3,(H,22,25). The van der Waals surface area contributed by atoms with Gasteiger partial charge < -0.3 is 10.1 Å². The van der Waals surface area contributed by atoms with Crippen molar-refractivity contribution < 1.29 is 9.53 Å². The van der Waals surface area contributed by atoms with E-state index in [0.29, 0.717) is 23.1 Å². The Morgan fingerprint density at radius 2 is 2.10 bits per heavy atom. The fourth-order valence-corrected chi connectivity index (χ4v) is 5.84. The lowest BCUT2D eigenvalue weighted by atomic mass is 9.97. The number of benzene rings is 1. The lowest BCUT2D eigenvalue weighted by molar-refractivity contribution is -0.113. The van der Waals surface area contributed by atoms with Crippen LogP contribution in [0.1, 0.15) is 30.2 Å².